The summed E-state index contributed by atoms with van der Waals surface area (Å²) in [5.41, 5.74) is 0. The Balaban J connectivity index is 3.06. The molecule has 3 heteroatoms. The lowest BCUT2D eigenvalue weighted by molar-refractivity contribution is -0.968. The van der Waals surface area contributed by atoms with Crippen molar-refractivity contribution in [3.63, 3.8) is 0 Å². The summed E-state index contributed by atoms with van der Waals surface area (Å²) >= 11 is 0. The average Bonchev–Trinajstić information content (AvgIpc) is 2.61. The van der Waals surface area contributed by atoms with Crippen LogP contribution in [-0.4, -0.2) is 35.5 Å². The molecule has 1 atom stereocenters. The molecule has 1 aromatic carbocycles. The van der Waals surface area contributed by atoms with Crippen molar-refractivity contribution in [3.05, 3.63) is 24.3 Å². The maximum Gasteiger partial charge on any atom is 0.233 e. The molecule has 0 bridgehead atoms. The molecule has 1 rings (SSSR count). The van der Waals surface area contributed by atoms with E-state index in [0.717, 1.165) is 10.9 Å². The fourth-order valence-electron chi connectivity index (χ4n) is 3.47. The van der Waals surface area contributed by atoms with E-state index in [4.69, 9.17) is 4.74 Å². The minimum Gasteiger partial charge on any atom is -0.504 e. The Hall–Kier alpha value is -1.22. The number of hydrogen-bond acceptors (Lipinski definition) is 2. The van der Waals surface area contributed by atoms with E-state index in [0.29, 0.717) is 5.75 Å². The number of rotatable bonds is 13. The largest absolute Gasteiger partial charge is 0.504 e. The van der Waals surface area contributed by atoms with E-state index >= 15 is 0 Å². The smallest absolute Gasteiger partial charge is 0.233 e. The zero-order valence-electron chi connectivity index (χ0n) is 16.3. The standard InChI is InChI=1S/C21H37NO2/c1-5-9-16-22(17-10-6-2,18-11-7-3)21(8-4)24-20-15-13-12-14-19(20)23/h12-15,21H,5-11,16-18H2,1-4H3/p+1. The number of benzene rings is 1. The summed E-state index contributed by atoms with van der Waals surface area (Å²) in [6.45, 7) is 12.5. The number of quaternary nitrogens is 1. The van der Waals surface area contributed by atoms with Gasteiger partial charge in [0.05, 0.1) is 19.6 Å². The molecule has 0 saturated carbocycles. The highest BCUT2D eigenvalue weighted by Gasteiger charge is 2.36. The highest BCUT2D eigenvalue weighted by atomic mass is 16.5. The summed E-state index contributed by atoms with van der Waals surface area (Å²) in [5, 5.41) is 10.1. The first kappa shape index (κ1) is 20.8. The Bertz CT molecular complexity index is 425. The maximum absolute atomic E-state index is 10.1. The van der Waals surface area contributed by atoms with Crippen molar-refractivity contribution in [2.24, 2.45) is 0 Å². The Morgan fingerprint density at radius 1 is 0.875 bits per heavy atom. The molecule has 0 fully saturated rings. The van der Waals surface area contributed by atoms with Crippen LogP contribution >= 0.6 is 0 Å². The molecule has 0 amide bonds. The van der Waals surface area contributed by atoms with Crippen molar-refractivity contribution in [2.45, 2.75) is 78.9 Å². The van der Waals surface area contributed by atoms with Crippen LogP contribution in [0.5, 0.6) is 11.5 Å². The molecule has 1 N–H and O–H groups in total. The Kier molecular flexibility index (Phi) is 9.85. The van der Waals surface area contributed by atoms with Crippen molar-refractivity contribution in [1.29, 1.82) is 0 Å². The predicted molar refractivity (Wildman–Crippen MR) is 102 cm³/mol. The van der Waals surface area contributed by atoms with Gasteiger partial charge < -0.3 is 9.84 Å². The van der Waals surface area contributed by atoms with Gasteiger partial charge in [-0.2, -0.15) is 0 Å². The van der Waals surface area contributed by atoms with Gasteiger partial charge in [-0.25, -0.2) is 0 Å². The summed E-state index contributed by atoms with van der Waals surface area (Å²) in [4.78, 5) is 0. The molecule has 1 aromatic rings. The van der Waals surface area contributed by atoms with Gasteiger partial charge in [-0.1, -0.05) is 59.1 Å². The lowest BCUT2D eigenvalue weighted by Crippen LogP contribution is -2.59. The highest BCUT2D eigenvalue weighted by molar-refractivity contribution is 5.37. The maximum atomic E-state index is 10.1. The fourth-order valence-corrected chi connectivity index (χ4v) is 3.47. The first-order valence-electron chi connectivity index (χ1n) is 9.93. The van der Waals surface area contributed by atoms with Gasteiger partial charge in [-0.15, -0.1) is 0 Å². The van der Waals surface area contributed by atoms with E-state index in [-0.39, 0.29) is 12.0 Å². The monoisotopic (exact) mass is 336 g/mol. The van der Waals surface area contributed by atoms with Gasteiger partial charge in [0, 0.05) is 6.42 Å². The van der Waals surface area contributed by atoms with E-state index in [9.17, 15) is 5.11 Å². The number of aromatic hydroxyl groups is 1. The van der Waals surface area contributed by atoms with E-state index in [1.807, 2.05) is 18.2 Å². The van der Waals surface area contributed by atoms with Crippen LogP contribution in [0.15, 0.2) is 24.3 Å². The molecule has 0 aliphatic rings. The van der Waals surface area contributed by atoms with Gasteiger partial charge in [0.25, 0.3) is 0 Å². The van der Waals surface area contributed by atoms with Crippen molar-refractivity contribution in [3.8, 4) is 11.5 Å². The summed E-state index contributed by atoms with van der Waals surface area (Å²) in [5.74, 6) is 0.867. The molecule has 24 heavy (non-hydrogen) atoms. The summed E-state index contributed by atoms with van der Waals surface area (Å²) in [6, 6.07) is 7.37. The Labute approximate surface area is 149 Å². The number of phenolic OH excluding ortho intramolecular Hbond substituents is 1. The molecule has 0 heterocycles. The van der Waals surface area contributed by atoms with E-state index in [1.165, 1.54) is 58.2 Å². The minimum absolute atomic E-state index is 0.114. The third-order valence-electron chi connectivity index (χ3n) is 4.96. The number of nitrogens with zero attached hydrogens (tertiary/aromatic N) is 1. The van der Waals surface area contributed by atoms with Gasteiger partial charge in [0.15, 0.2) is 11.5 Å². The normalized spacial score (nSPS) is 13.0. The molecule has 0 aromatic heterocycles. The fraction of sp³-hybridized carbons (Fsp3) is 0.714. The van der Waals surface area contributed by atoms with E-state index in [2.05, 4.69) is 27.7 Å². The van der Waals surface area contributed by atoms with Gasteiger partial charge >= 0.3 is 0 Å². The number of ether oxygens (including phenoxy) is 1. The number of para-hydroxylation sites is 2. The molecule has 138 valence electrons. The summed E-state index contributed by atoms with van der Waals surface area (Å²) in [7, 11) is 0. The molecule has 1 unspecified atom stereocenters. The summed E-state index contributed by atoms with van der Waals surface area (Å²) < 4.78 is 7.40. The molecule has 0 radical (unpaired) electrons. The predicted octanol–water partition coefficient (Wildman–Crippen LogP) is 5.72. The van der Waals surface area contributed by atoms with E-state index < -0.39 is 0 Å². The van der Waals surface area contributed by atoms with Gasteiger partial charge in [0.2, 0.25) is 6.23 Å². The molecule has 0 aliphatic carbocycles. The van der Waals surface area contributed by atoms with Crippen LogP contribution in [0.2, 0.25) is 0 Å². The van der Waals surface area contributed by atoms with Crippen LogP contribution in [0.3, 0.4) is 0 Å². The Morgan fingerprint density at radius 2 is 1.38 bits per heavy atom. The second kappa shape index (κ2) is 11.4. The second-order valence-corrected chi connectivity index (χ2v) is 6.90. The highest BCUT2D eigenvalue weighted by Crippen LogP contribution is 2.30. The van der Waals surface area contributed by atoms with Crippen molar-refractivity contribution < 1.29 is 14.3 Å². The molecule has 0 saturated heterocycles. The van der Waals surface area contributed by atoms with Crippen LogP contribution in [0.1, 0.15) is 72.6 Å². The first-order valence-corrected chi connectivity index (χ1v) is 9.93. The lowest BCUT2D eigenvalue weighted by Gasteiger charge is -2.44. The van der Waals surface area contributed by atoms with Crippen LogP contribution in [0, 0.1) is 0 Å². The topological polar surface area (TPSA) is 29.5 Å². The van der Waals surface area contributed by atoms with Crippen molar-refractivity contribution in [2.75, 3.05) is 19.6 Å². The number of unbranched alkanes of at least 4 members (excludes halogenated alkanes) is 3. The van der Waals surface area contributed by atoms with Gasteiger partial charge in [-0.05, 0) is 31.4 Å². The van der Waals surface area contributed by atoms with Crippen LogP contribution in [-0.2, 0) is 0 Å². The van der Waals surface area contributed by atoms with Crippen LogP contribution in [0.25, 0.3) is 0 Å². The molecular formula is C21H38NO2+. The SMILES string of the molecule is CCCC[N+](CCCC)(CCCC)C(CC)Oc1ccccc1O. The van der Waals surface area contributed by atoms with Gasteiger partial charge in [-0.3, -0.25) is 4.48 Å². The third-order valence-corrected chi connectivity index (χ3v) is 4.96. The zero-order valence-corrected chi connectivity index (χ0v) is 16.3. The lowest BCUT2D eigenvalue weighted by atomic mass is 10.1. The number of hydrogen-bond donors (Lipinski definition) is 1. The van der Waals surface area contributed by atoms with E-state index in [1.54, 1.807) is 6.07 Å². The molecule has 3 nitrogen and oxygen atoms in total. The zero-order chi connectivity index (χ0) is 17.8. The average molecular weight is 337 g/mol. The first-order chi connectivity index (χ1) is 11.6. The molecular weight excluding hydrogens is 298 g/mol. The number of phenols is 1. The van der Waals surface area contributed by atoms with Crippen molar-refractivity contribution >= 4 is 0 Å². The minimum atomic E-state index is 0.114. The van der Waals surface area contributed by atoms with Crippen LogP contribution in [0.4, 0.5) is 0 Å². The second-order valence-electron chi connectivity index (χ2n) is 6.90. The summed E-state index contributed by atoms with van der Waals surface area (Å²) in [6.07, 6.45) is 8.41. The third kappa shape index (κ3) is 6.01. The Morgan fingerprint density at radius 3 is 1.79 bits per heavy atom. The quantitative estimate of drug-likeness (QED) is 0.368. The van der Waals surface area contributed by atoms with Crippen molar-refractivity contribution in [1.82, 2.24) is 0 Å². The molecule has 0 aliphatic heterocycles. The van der Waals surface area contributed by atoms with Gasteiger partial charge in [0.1, 0.15) is 0 Å². The molecule has 0 spiro atoms. The van der Waals surface area contributed by atoms with Crippen LogP contribution < -0.4 is 4.74 Å².